The molecule has 0 aromatic rings. The molecule has 1 saturated carbocycles. The van der Waals surface area contributed by atoms with Crippen LogP contribution in [0.4, 0.5) is 0 Å². The number of hydrogen-bond acceptors (Lipinski definition) is 2. The molecule has 0 aromatic carbocycles. The molecular formula is C17H30N2O2. The first-order valence-corrected chi connectivity index (χ1v) is 7.97. The Labute approximate surface area is 128 Å². The van der Waals surface area contributed by atoms with Crippen LogP contribution in [0.5, 0.6) is 0 Å². The van der Waals surface area contributed by atoms with Crippen molar-refractivity contribution in [3.63, 3.8) is 0 Å². The van der Waals surface area contributed by atoms with E-state index < -0.39 is 5.92 Å². The zero-order valence-corrected chi connectivity index (χ0v) is 13.8. The Morgan fingerprint density at radius 3 is 2.29 bits per heavy atom. The lowest BCUT2D eigenvalue weighted by Gasteiger charge is -2.33. The van der Waals surface area contributed by atoms with E-state index >= 15 is 0 Å². The monoisotopic (exact) mass is 294 g/mol. The number of hydrogen-bond donors (Lipinski definition) is 2. The maximum atomic E-state index is 12.6. The number of amides is 2. The highest BCUT2D eigenvalue weighted by molar-refractivity contribution is 5.87. The minimum absolute atomic E-state index is 0.0392. The summed E-state index contributed by atoms with van der Waals surface area (Å²) in [5.41, 5.74) is 5.27. The molecule has 0 saturated heterocycles. The SMILES string of the molecule is C/C=C/CC(C(N)=O)[C@@H](CC1CCC1)C(=O)NC(C)(C)C. The number of primary amides is 1. The third-order valence-electron chi connectivity index (χ3n) is 4.12. The summed E-state index contributed by atoms with van der Waals surface area (Å²) in [6, 6.07) is 0. The topological polar surface area (TPSA) is 72.2 Å². The molecule has 1 unspecified atom stereocenters. The van der Waals surface area contributed by atoms with Crippen molar-refractivity contribution in [2.75, 3.05) is 0 Å². The summed E-state index contributed by atoms with van der Waals surface area (Å²) >= 11 is 0. The summed E-state index contributed by atoms with van der Waals surface area (Å²) in [5, 5.41) is 3.01. The predicted molar refractivity (Wildman–Crippen MR) is 85.5 cm³/mol. The van der Waals surface area contributed by atoms with Gasteiger partial charge in [0.15, 0.2) is 0 Å². The molecule has 120 valence electrons. The van der Waals surface area contributed by atoms with Gasteiger partial charge in [0.05, 0.1) is 11.8 Å². The average Bonchev–Trinajstić information content (AvgIpc) is 2.28. The zero-order chi connectivity index (χ0) is 16.0. The summed E-state index contributed by atoms with van der Waals surface area (Å²) in [6.45, 7) is 7.78. The van der Waals surface area contributed by atoms with E-state index in [0.717, 1.165) is 19.3 Å². The van der Waals surface area contributed by atoms with E-state index in [1.54, 1.807) is 0 Å². The largest absolute Gasteiger partial charge is 0.369 e. The van der Waals surface area contributed by atoms with E-state index in [1.807, 2.05) is 39.8 Å². The van der Waals surface area contributed by atoms with Crippen LogP contribution in [-0.2, 0) is 9.59 Å². The fraction of sp³-hybridized carbons (Fsp3) is 0.765. The van der Waals surface area contributed by atoms with Crippen molar-refractivity contribution in [2.24, 2.45) is 23.5 Å². The van der Waals surface area contributed by atoms with E-state index in [1.165, 1.54) is 6.42 Å². The van der Waals surface area contributed by atoms with Gasteiger partial charge in [0.1, 0.15) is 0 Å². The summed E-state index contributed by atoms with van der Waals surface area (Å²) in [7, 11) is 0. The van der Waals surface area contributed by atoms with Crippen LogP contribution in [0.2, 0.25) is 0 Å². The summed E-state index contributed by atoms with van der Waals surface area (Å²) in [6.07, 6.45) is 8.69. The lowest BCUT2D eigenvalue weighted by atomic mass is 9.74. The smallest absolute Gasteiger partial charge is 0.224 e. The van der Waals surface area contributed by atoms with E-state index in [2.05, 4.69) is 5.32 Å². The van der Waals surface area contributed by atoms with Crippen molar-refractivity contribution in [3.05, 3.63) is 12.2 Å². The molecule has 21 heavy (non-hydrogen) atoms. The first kappa shape index (κ1) is 17.7. The van der Waals surface area contributed by atoms with Crippen LogP contribution in [-0.4, -0.2) is 17.4 Å². The molecule has 4 nitrogen and oxygen atoms in total. The Hall–Kier alpha value is -1.32. The van der Waals surface area contributed by atoms with E-state index in [0.29, 0.717) is 12.3 Å². The first-order valence-electron chi connectivity index (χ1n) is 7.97. The van der Waals surface area contributed by atoms with Gasteiger partial charge in [-0.15, -0.1) is 0 Å². The van der Waals surface area contributed by atoms with Crippen LogP contribution in [0.25, 0.3) is 0 Å². The molecule has 1 aliphatic carbocycles. The Kier molecular flexibility index (Phi) is 6.43. The van der Waals surface area contributed by atoms with Crippen molar-refractivity contribution in [1.29, 1.82) is 0 Å². The standard InChI is InChI=1S/C17H30N2O2/c1-5-6-10-13(15(18)20)14(11-12-8-7-9-12)16(21)19-17(2,3)4/h5-6,12-14H,7-11H2,1-4H3,(H2,18,20)(H,19,21)/b6-5+/t13?,14-/m1/s1. The Morgan fingerprint density at radius 2 is 1.90 bits per heavy atom. The van der Waals surface area contributed by atoms with Crippen molar-refractivity contribution in [1.82, 2.24) is 5.32 Å². The Balaban J connectivity index is 2.86. The van der Waals surface area contributed by atoms with Gasteiger partial charge in [-0.3, -0.25) is 9.59 Å². The second-order valence-corrected chi connectivity index (χ2v) is 7.19. The van der Waals surface area contributed by atoms with E-state index in [9.17, 15) is 9.59 Å². The van der Waals surface area contributed by atoms with Gasteiger partial charge >= 0.3 is 0 Å². The molecule has 4 heteroatoms. The molecule has 0 aliphatic heterocycles. The van der Waals surface area contributed by atoms with Crippen molar-refractivity contribution >= 4 is 11.8 Å². The predicted octanol–water partition coefficient (Wildman–Crippen LogP) is 2.78. The molecule has 1 aliphatic rings. The highest BCUT2D eigenvalue weighted by Gasteiger charge is 2.36. The molecule has 3 N–H and O–H groups in total. The Morgan fingerprint density at radius 1 is 1.29 bits per heavy atom. The molecule has 0 radical (unpaired) electrons. The molecule has 0 aromatic heterocycles. The average molecular weight is 294 g/mol. The van der Waals surface area contributed by atoms with Crippen molar-refractivity contribution < 1.29 is 9.59 Å². The maximum absolute atomic E-state index is 12.6. The van der Waals surface area contributed by atoms with Gasteiger partial charge in [0.2, 0.25) is 11.8 Å². The van der Waals surface area contributed by atoms with Gasteiger partial charge in [-0.25, -0.2) is 0 Å². The number of carbonyl (C=O) groups is 2. The third kappa shape index (κ3) is 5.90. The lowest BCUT2D eigenvalue weighted by molar-refractivity contribution is -0.135. The fourth-order valence-electron chi connectivity index (χ4n) is 2.77. The number of carbonyl (C=O) groups excluding carboxylic acids is 2. The highest BCUT2D eigenvalue weighted by Crippen LogP contribution is 2.35. The molecule has 2 atom stereocenters. The summed E-state index contributed by atoms with van der Waals surface area (Å²) < 4.78 is 0. The second kappa shape index (κ2) is 7.62. The number of nitrogens with one attached hydrogen (secondary N) is 1. The van der Waals surface area contributed by atoms with Gasteiger partial charge in [-0.05, 0) is 46.5 Å². The van der Waals surface area contributed by atoms with E-state index in [-0.39, 0.29) is 23.3 Å². The molecule has 0 heterocycles. The molecular weight excluding hydrogens is 264 g/mol. The molecule has 0 spiro atoms. The quantitative estimate of drug-likeness (QED) is 0.709. The molecule has 0 bridgehead atoms. The molecule has 1 rings (SSSR count). The lowest BCUT2D eigenvalue weighted by Crippen LogP contribution is -2.48. The van der Waals surface area contributed by atoms with Crippen LogP contribution < -0.4 is 11.1 Å². The van der Waals surface area contributed by atoms with Gasteiger partial charge in [-0.2, -0.15) is 0 Å². The number of allylic oxidation sites excluding steroid dienone is 2. The highest BCUT2D eigenvalue weighted by atomic mass is 16.2. The third-order valence-corrected chi connectivity index (χ3v) is 4.12. The van der Waals surface area contributed by atoms with Crippen LogP contribution in [0.15, 0.2) is 12.2 Å². The van der Waals surface area contributed by atoms with Crippen LogP contribution >= 0.6 is 0 Å². The van der Waals surface area contributed by atoms with Crippen molar-refractivity contribution in [3.8, 4) is 0 Å². The summed E-state index contributed by atoms with van der Waals surface area (Å²) in [5.74, 6) is -0.579. The van der Waals surface area contributed by atoms with Gasteiger partial charge in [0.25, 0.3) is 0 Å². The summed E-state index contributed by atoms with van der Waals surface area (Å²) in [4.78, 5) is 24.4. The molecule has 2 amide bonds. The van der Waals surface area contributed by atoms with Crippen molar-refractivity contribution in [2.45, 2.75) is 65.3 Å². The Bertz CT molecular complexity index is 392. The van der Waals surface area contributed by atoms with Crippen LogP contribution in [0.1, 0.15) is 59.8 Å². The van der Waals surface area contributed by atoms with Gasteiger partial charge < -0.3 is 11.1 Å². The minimum Gasteiger partial charge on any atom is -0.369 e. The fourth-order valence-corrected chi connectivity index (χ4v) is 2.77. The first-order chi connectivity index (χ1) is 9.74. The maximum Gasteiger partial charge on any atom is 0.224 e. The second-order valence-electron chi connectivity index (χ2n) is 7.19. The van der Waals surface area contributed by atoms with Gasteiger partial charge in [-0.1, -0.05) is 31.4 Å². The minimum atomic E-state index is -0.413. The van der Waals surface area contributed by atoms with E-state index in [4.69, 9.17) is 5.73 Å². The number of rotatable bonds is 7. The number of nitrogens with two attached hydrogens (primary N) is 1. The van der Waals surface area contributed by atoms with Crippen LogP contribution in [0.3, 0.4) is 0 Å². The van der Waals surface area contributed by atoms with Crippen LogP contribution in [0, 0.1) is 17.8 Å². The normalized spacial score (nSPS) is 19.0. The zero-order valence-electron chi connectivity index (χ0n) is 13.8. The van der Waals surface area contributed by atoms with Gasteiger partial charge in [0, 0.05) is 5.54 Å². The molecule has 1 fully saturated rings.